The quantitative estimate of drug-likeness (QED) is 0.0221. The molecule has 0 saturated carbocycles. The smallest absolute Gasteiger partial charge is 0.409 e. The van der Waals surface area contributed by atoms with Crippen molar-refractivity contribution in [2.75, 3.05) is 51.6 Å². The lowest BCUT2D eigenvalue weighted by atomic mass is 9.81. The lowest BCUT2D eigenvalue weighted by Crippen LogP contribution is -2.64. The maximum Gasteiger partial charge on any atom is 0.409 e. The van der Waals surface area contributed by atoms with E-state index in [-0.39, 0.29) is 90.6 Å². The zero-order valence-corrected chi connectivity index (χ0v) is 56.3. The zero-order valence-electron chi connectivity index (χ0n) is 55.5. The van der Waals surface area contributed by atoms with Crippen LogP contribution in [0.5, 0.6) is 11.5 Å². The topological polar surface area (TPSA) is 364 Å². The number of aliphatic hydroxyl groups is 2. The van der Waals surface area contributed by atoms with Gasteiger partial charge in [-0.25, -0.2) is 14.4 Å². The van der Waals surface area contributed by atoms with Gasteiger partial charge in [-0.3, -0.25) is 43.8 Å². The molecular formula is C66H96ClN9O17. The first-order valence-electron chi connectivity index (χ1n) is 31.8. The number of esters is 1. The summed E-state index contributed by atoms with van der Waals surface area (Å²) in [6.45, 7) is 14.3. The van der Waals surface area contributed by atoms with Gasteiger partial charge in [0.2, 0.25) is 35.4 Å². The number of carbonyl (C=O) groups is 10. The number of aromatic hydroxyl groups is 1. The van der Waals surface area contributed by atoms with Gasteiger partial charge in [0.25, 0.3) is 5.91 Å². The van der Waals surface area contributed by atoms with Gasteiger partial charge in [0.05, 0.1) is 31.0 Å². The van der Waals surface area contributed by atoms with Crippen molar-refractivity contribution in [3.05, 3.63) is 70.3 Å². The highest BCUT2D eigenvalue weighted by Gasteiger charge is 2.49. The number of likely N-dealkylation sites (N-methyl/N-ethyl adjacent to an activating group) is 1. The molecule has 3 aliphatic rings. The number of anilines is 2. The maximum absolute atomic E-state index is 14.4. The Bertz CT molecular complexity index is 3090. The summed E-state index contributed by atoms with van der Waals surface area (Å²) in [5.41, 5.74) is 4.73. The third kappa shape index (κ3) is 20.8. The number of imide groups is 1. The molecule has 2 aromatic rings. The third-order valence-corrected chi connectivity index (χ3v) is 18.2. The number of phenols is 1. The van der Waals surface area contributed by atoms with E-state index < -0.39 is 126 Å². The number of nitrogens with zero attached hydrogens (tertiary/aromatic N) is 3. The number of likely N-dealkylation sites (tertiary alicyclic amines) is 1. The fraction of sp³-hybridized carbons (Fsp3) is 0.606. The molecule has 12 atom stereocenters. The van der Waals surface area contributed by atoms with E-state index in [4.69, 9.17) is 36.3 Å². The number of urea groups is 1. The molecule has 514 valence electrons. The van der Waals surface area contributed by atoms with E-state index in [1.54, 1.807) is 51.1 Å². The summed E-state index contributed by atoms with van der Waals surface area (Å²) < 4.78 is 22.9. The van der Waals surface area contributed by atoms with Crippen molar-refractivity contribution < 1.29 is 82.2 Å². The predicted octanol–water partition coefficient (Wildman–Crippen LogP) is 6.15. The number of aliphatic hydroxyl groups excluding tert-OH is 1. The van der Waals surface area contributed by atoms with Crippen molar-refractivity contribution in [1.29, 1.82) is 0 Å². The second-order valence-electron chi connectivity index (χ2n) is 25.2. The number of methoxy groups -OCH3 is 2. The van der Waals surface area contributed by atoms with Crippen LogP contribution in [0.15, 0.2) is 54.1 Å². The van der Waals surface area contributed by atoms with Gasteiger partial charge < -0.3 is 71.1 Å². The first-order valence-corrected chi connectivity index (χ1v) is 32.2. The van der Waals surface area contributed by atoms with E-state index in [0.29, 0.717) is 43.6 Å². The first-order chi connectivity index (χ1) is 43.8. The van der Waals surface area contributed by atoms with Crippen LogP contribution in [0, 0.1) is 29.6 Å². The summed E-state index contributed by atoms with van der Waals surface area (Å²) in [7, 11) is 5.55. The van der Waals surface area contributed by atoms with Crippen LogP contribution in [0.2, 0.25) is 5.02 Å². The molecule has 2 saturated heterocycles. The molecule has 2 aromatic carbocycles. The lowest BCUT2D eigenvalue weighted by Gasteiger charge is -2.43. The number of halogens is 1. The van der Waals surface area contributed by atoms with Crippen LogP contribution in [0.1, 0.15) is 148 Å². The van der Waals surface area contributed by atoms with Crippen molar-refractivity contribution >= 4 is 82.4 Å². The van der Waals surface area contributed by atoms with Crippen molar-refractivity contribution in [2.24, 2.45) is 35.3 Å². The van der Waals surface area contributed by atoms with Gasteiger partial charge in [-0.2, -0.15) is 0 Å². The van der Waals surface area contributed by atoms with Crippen LogP contribution in [-0.2, 0) is 54.2 Å². The van der Waals surface area contributed by atoms with Crippen molar-refractivity contribution in [1.82, 2.24) is 31.1 Å². The van der Waals surface area contributed by atoms with E-state index >= 15 is 0 Å². The summed E-state index contributed by atoms with van der Waals surface area (Å²) in [5, 5.41) is 48.3. The number of carbonyl (C=O) groups excluding carboxylic acids is 10. The third-order valence-electron chi connectivity index (χ3n) is 17.8. The van der Waals surface area contributed by atoms with Gasteiger partial charge >= 0.3 is 18.1 Å². The Kier molecular flexibility index (Phi) is 28.5. The van der Waals surface area contributed by atoms with Crippen LogP contribution < -0.4 is 42.0 Å². The molecule has 3 aliphatic heterocycles. The summed E-state index contributed by atoms with van der Waals surface area (Å²) in [6, 6.07) is 2.39. The average Bonchev–Trinajstić information content (AvgIpc) is 1.44. The van der Waals surface area contributed by atoms with E-state index in [1.165, 1.54) is 64.1 Å². The van der Waals surface area contributed by atoms with Gasteiger partial charge in [0.1, 0.15) is 53.0 Å². The highest BCUT2D eigenvalue weighted by Crippen LogP contribution is 2.39. The zero-order chi connectivity index (χ0) is 69.2. The minimum atomic E-state index is -2.01. The minimum Gasteiger partial charge on any atom is -0.506 e. The largest absolute Gasteiger partial charge is 0.506 e. The van der Waals surface area contributed by atoms with E-state index in [0.717, 1.165) is 29.4 Å². The normalized spacial score (nSPS) is 24.3. The molecule has 27 heteroatoms. The number of benzene rings is 2. The van der Waals surface area contributed by atoms with Crippen LogP contribution >= 0.6 is 11.6 Å². The highest BCUT2D eigenvalue weighted by molar-refractivity contribution is 6.35. The lowest BCUT2D eigenvalue weighted by molar-refractivity contribution is -0.165. The van der Waals surface area contributed by atoms with Crippen LogP contribution in [0.4, 0.5) is 21.0 Å². The highest BCUT2D eigenvalue weighted by atomic mass is 35.5. The fourth-order valence-electron chi connectivity index (χ4n) is 11.4. The molecule has 26 nitrogen and oxygen atoms in total. The van der Waals surface area contributed by atoms with Crippen LogP contribution in [0.25, 0.3) is 0 Å². The number of amides is 10. The molecule has 5 rings (SSSR count). The minimum absolute atomic E-state index is 0.0336. The fourth-order valence-corrected chi connectivity index (χ4v) is 11.7. The number of primary amides is 1. The molecule has 93 heavy (non-hydrogen) atoms. The molecule has 2 fully saturated rings. The second kappa shape index (κ2) is 34.9. The number of phenolic OH excluding ortho intramolecular Hbond substituents is 1. The predicted molar refractivity (Wildman–Crippen MR) is 346 cm³/mol. The van der Waals surface area contributed by atoms with Crippen molar-refractivity contribution in [3.8, 4) is 11.5 Å². The van der Waals surface area contributed by atoms with Gasteiger partial charge in [-0.05, 0) is 107 Å². The molecule has 10 N–H and O–H groups in total. The maximum atomic E-state index is 14.4. The van der Waals surface area contributed by atoms with E-state index in [9.17, 15) is 63.3 Å². The molecule has 10 amide bonds. The molecular weight excluding hydrogens is 1230 g/mol. The van der Waals surface area contributed by atoms with Gasteiger partial charge in [-0.15, -0.1) is 0 Å². The standard InChI is InChI=1S/C66H96ClN9O17/c1-13-37(4)23-24-44-33-55(80)76(62(44)85)28-16-14-15-22-53(78)72-57(36(2)3)60(83)71-46(20-18-27-69-64(68)87)59(82)70-45-26-25-43(32-48(45)77)61(84)74(9)41(8)63(86)92-49-34-54(79)75(10)47-30-42(31-50(90-11)56(47)67)29-38(5)19-17-21-52(91-12)66(89)35-51(93-65(88)73-66)40(7)58(81)39(49)6/h17,19,21,25-26,30-32,36-37,39-41,44,46,49,51-52,57-58,77,81,89H,13-16,18,20,22-24,27-29,33-35H2,1-12H3,(H,70,82)(H,71,83)(H,72,78)(H,73,88)(H3,68,69,87)/b21-17+,38-19+/t37?,39-,40-,41+,44?,46+,49+,51?,52-,57+,58-,66+/m1/s1. The van der Waals surface area contributed by atoms with Crippen LogP contribution in [0.3, 0.4) is 0 Å². The van der Waals surface area contributed by atoms with Gasteiger partial charge in [0, 0.05) is 76.9 Å². The van der Waals surface area contributed by atoms with Crippen molar-refractivity contribution in [3.63, 3.8) is 0 Å². The summed E-state index contributed by atoms with van der Waals surface area (Å²) in [4.78, 5) is 138. The molecule has 3 unspecified atom stereocenters. The van der Waals surface area contributed by atoms with Crippen LogP contribution in [-0.4, -0.2) is 174 Å². The molecule has 0 aromatic heterocycles. The number of nitrogens with two attached hydrogens (primary N) is 1. The molecule has 4 bridgehead atoms. The number of allylic oxidation sites excluding steroid dienone is 3. The first kappa shape index (κ1) is 75.9. The summed E-state index contributed by atoms with van der Waals surface area (Å²) >= 11 is 6.82. The Hall–Kier alpha value is -7.81. The van der Waals surface area contributed by atoms with Crippen molar-refractivity contribution in [2.45, 2.75) is 187 Å². The number of nitrogens with one attached hydrogen (secondary N) is 5. The van der Waals surface area contributed by atoms with Gasteiger partial charge in [-0.1, -0.05) is 89.8 Å². The Balaban J connectivity index is 1.29. The Morgan fingerprint density at radius 3 is 2.29 bits per heavy atom. The number of ether oxygens (including phenoxy) is 4. The molecule has 0 radical (unpaired) electrons. The summed E-state index contributed by atoms with van der Waals surface area (Å²) in [5.74, 6) is -7.30. The molecule has 0 spiro atoms. The Labute approximate surface area is 549 Å². The second-order valence-corrected chi connectivity index (χ2v) is 25.6. The number of hydrogen-bond donors (Lipinski definition) is 9. The molecule has 3 heterocycles. The number of unbranched alkanes of at least 4 members (excludes halogenated alkanes) is 2. The monoisotopic (exact) mass is 1320 g/mol. The number of alkyl carbamates (subject to hydrolysis) is 1. The Morgan fingerprint density at radius 1 is 0.935 bits per heavy atom. The summed E-state index contributed by atoms with van der Waals surface area (Å²) in [6.07, 6.45) is 2.90. The van der Waals surface area contributed by atoms with Gasteiger partial charge in [0.15, 0.2) is 5.72 Å². The average molecular weight is 1320 g/mol. The number of fused-ring (bicyclic) bond motifs is 4. The molecule has 0 aliphatic carbocycles. The van der Waals surface area contributed by atoms with E-state index in [2.05, 4.69) is 40.4 Å². The number of hydrogen-bond acceptors (Lipinski definition) is 17. The Morgan fingerprint density at radius 2 is 1.65 bits per heavy atom. The SMILES string of the molecule is CCC(C)CCC1CC(=O)N(CCCCCC(=O)N[C@H](C(=O)N[C@@H](CCCNC(N)=O)C(=O)Nc2ccc(C(=O)N(C)[C@@H](C)C(=O)O[C@H]3CC(=O)N(C)c4cc(cc(OC)c4Cl)C/C(C)=C/C=C/[C@@H](OC)[C@@]4(O)CC(OC(=O)N4)[C@@H](C)[C@H](O)[C@@H]3C)cc2O)C(C)C)C1=O. The van der Waals surface area contributed by atoms with E-state index in [1.807, 2.05) is 6.92 Å². The number of rotatable bonds is 26.